The predicted molar refractivity (Wildman–Crippen MR) is 109 cm³/mol. The maximum atomic E-state index is 13.0. The minimum atomic E-state index is -3.89. The molecule has 0 spiro atoms. The molecular weight excluding hydrogens is 400 g/mol. The van der Waals surface area contributed by atoms with Crippen LogP contribution in [0.5, 0.6) is 0 Å². The highest BCUT2D eigenvalue weighted by Gasteiger charge is 2.37. The van der Waals surface area contributed by atoms with Crippen molar-refractivity contribution in [2.45, 2.75) is 39.0 Å². The van der Waals surface area contributed by atoms with Crippen LogP contribution in [0.1, 0.15) is 28.7 Å². The maximum Gasteiger partial charge on any atom is 0.262 e. The molecule has 1 saturated heterocycles. The molecule has 0 aromatic heterocycles. The van der Waals surface area contributed by atoms with Crippen LogP contribution in [0.2, 0.25) is 0 Å². The van der Waals surface area contributed by atoms with E-state index in [2.05, 4.69) is 4.72 Å². The number of carbonyl (C=O) groups is 1. The van der Waals surface area contributed by atoms with Crippen molar-refractivity contribution in [3.05, 3.63) is 52.6 Å². The highest BCUT2D eigenvalue weighted by atomic mass is 32.2. The van der Waals surface area contributed by atoms with Crippen molar-refractivity contribution in [2.24, 2.45) is 0 Å². The summed E-state index contributed by atoms with van der Waals surface area (Å²) in [6.07, 6.45) is -0.0747. The lowest BCUT2D eigenvalue weighted by molar-refractivity contribution is -0.116. The zero-order valence-corrected chi connectivity index (χ0v) is 17.7. The molecule has 0 aliphatic carbocycles. The highest BCUT2D eigenvalue weighted by Crippen LogP contribution is 2.32. The molecular formula is C19H22N2O5S2. The zero-order chi connectivity index (χ0) is 20.9. The molecule has 0 saturated carbocycles. The first-order chi connectivity index (χ1) is 12.9. The molecule has 0 unspecified atom stereocenters. The Bertz CT molecular complexity index is 1140. The Hall–Kier alpha value is -2.39. The Kier molecular flexibility index (Phi) is 5.01. The third-order valence-electron chi connectivity index (χ3n) is 4.50. The summed E-state index contributed by atoms with van der Waals surface area (Å²) in [4.78, 5) is 12.1. The van der Waals surface area contributed by atoms with E-state index in [-0.39, 0.29) is 22.8 Å². The molecule has 1 amide bonds. The van der Waals surface area contributed by atoms with Crippen molar-refractivity contribution in [1.82, 2.24) is 0 Å². The molecule has 7 nitrogen and oxygen atoms in total. The third kappa shape index (κ3) is 3.77. The van der Waals surface area contributed by atoms with E-state index >= 15 is 0 Å². The van der Waals surface area contributed by atoms with Crippen LogP contribution in [0, 0.1) is 27.7 Å². The first-order valence-corrected chi connectivity index (χ1v) is 11.8. The lowest BCUT2D eigenvalue weighted by Gasteiger charge is -2.19. The summed E-state index contributed by atoms with van der Waals surface area (Å²) in [7, 11) is -7.60. The second-order valence-electron chi connectivity index (χ2n) is 7.11. The monoisotopic (exact) mass is 422 g/mol. The fraction of sp³-hybridized carbons (Fsp3) is 0.316. The number of aryl methyl sites for hydroxylation is 4. The van der Waals surface area contributed by atoms with Gasteiger partial charge in [-0.15, -0.1) is 0 Å². The van der Waals surface area contributed by atoms with Gasteiger partial charge in [-0.2, -0.15) is 0 Å². The normalized spacial score (nSPS) is 16.4. The van der Waals surface area contributed by atoms with E-state index in [1.54, 1.807) is 26.0 Å². The van der Waals surface area contributed by atoms with Gasteiger partial charge < -0.3 is 0 Å². The fourth-order valence-corrected chi connectivity index (χ4v) is 6.52. The number of nitrogens with zero attached hydrogens (tertiary/aromatic N) is 1. The second-order valence-corrected chi connectivity index (χ2v) is 10.7. The van der Waals surface area contributed by atoms with Crippen molar-refractivity contribution in [2.75, 3.05) is 14.8 Å². The van der Waals surface area contributed by atoms with Gasteiger partial charge in [-0.25, -0.2) is 21.1 Å². The maximum absolute atomic E-state index is 13.0. The highest BCUT2D eigenvalue weighted by molar-refractivity contribution is 7.94. The molecule has 0 bridgehead atoms. The minimum absolute atomic E-state index is 0.0689. The molecule has 2 aromatic carbocycles. The zero-order valence-electron chi connectivity index (χ0n) is 16.1. The van der Waals surface area contributed by atoms with E-state index in [1.165, 1.54) is 12.1 Å². The van der Waals surface area contributed by atoms with Crippen molar-refractivity contribution >= 4 is 37.3 Å². The molecule has 1 fully saturated rings. The molecule has 9 heteroatoms. The Balaban J connectivity index is 2.04. The number of hydrogen-bond donors (Lipinski definition) is 1. The van der Waals surface area contributed by atoms with Gasteiger partial charge in [0.05, 0.1) is 16.3 Å². The van der Waals surface area contributed by atoms with E-state index in [9.17, 15) is 21.6 Å². The van der Waals surface area contributed by atoms with Gasteiger partial charge in [-0.1, -0.05) is 6.07 Å². The minimum Gasteiger partial charge on any atom is -0.280 e. The molecule has 28 heavy (non-hydrogen) atoms. The molecule has 0 atom stereocenters. The molecule has 1 N–H and O–H groups in total. The van der Waals surface area contributed by atoms with Crippen molar-refractivity contribution in [3.63, 3.8) is 0 Å². The van der Waals surface area contributed by atoms with Gasteiger partial charge in [0.2, 0.25) is 15.9 Å². The molecule has 3 rings (SSSR count). The van der Waals surface area contributed by atoms with E-state index in [1.807, 2.05) is 19.9 Å². The van der Waals surface area contributed by atoms with Gasteiger partial charge in [0.1, 0.15) is 0 Å². The predicted octanol–water partition coefficient (Wildman–Crippen LogP) is 2.79. The van der Waals surface area contributed by atoms with Crippen LogP contribution in [0.3, 0.4) is 0 Å². The quantitative estimate of drug-likeness (QED) is 0.817. The number of benzene rings is 2. The smallest absolute Gasteiger partial charge is 0.262 e. The number of anilines is 2. The summed E-state index contributed by atoms with van der Waals surface area (Å²) < 4.78 is 53.6. The van der Waals surface area contributed by atoms with Crippen LogP contribution in [0.15, 0.2) is 35.2 Å². The Labute approximate surface area is 165 Å². The van der Waals surface area contributed by atoms with Gasteiger partial charge in [-0.3, -0.25) is 9.52 Å². The first-order valence-electron chi connectivity index (χ1n) is 8.69. The van der Waals surface area contributed by atoms with Crippen molar-refractivity contribution in [1.29, 1.82) is 0 Å². The lowest BCUT2D eigenvalue weighted by atomic mass is 10.1. The SMILES string of the molecule is Cc1cc(C)cc(NS(=O)(=O)c2c(C)cc(N3C(=O)CCS3(=O)=O)cc2C)c1. The largest absolute Gasteiger partial charge is 0.280 e. The fourth-order valence-electron chi connectivity index (χ4n) is 3.58. The van der Waals surface area contributed by atoms with Gasteiger partial charge >= 0.3 is 0 Å². The van der Waals surface area contributed by atoms with Crippen LogP contribution in [-0.2, 0) is 24.8 Å². The second kappa shape index (κ2) is 6.89. The molecule has 150 valence electrons. The molecule has 0 radical (unpaired) electrons. The number of amides is 1. The van der Waals surface area contributed by atoms with Crippen LogP contribution in [0.4, 0.5) is 11.4 Å². The molecule has 1 aliphatic heterocycles. The Morgan fingerprint density at radius 1 is 0.929 bits per heavy atom. The standard InChI is InChI=1S/C19H22N2O5S2/c1-12-7-13(2)9-16(8-12)20-28(25,26)19-14(3)10-17(11-15(19)4)21-18(22)5-6-27(21,23)24/h7-11,20H,5-6H2,1-4H3. The average Bonchev–Trinajstić information content (AvgIpc) is 2.77. The van der Waals surface area contributed by atoms with Crippen LogP contribution >= 0.6 is 0 Å². The molecule has 1 heterocycles. The van der Waals surface area contributed by atoms with Crippen molar-refractivity contribution < 1.29 is 21.6 Å². The van der Waals surface area contributed by atoms with Crippen LogP contribution in [-0.4, -0.2) is 28.5 Å². The lowest BCUT2D eigenvalue weighted by Crippen LogP contribution is -2.29. The van der Waals surface area contributed by atoms with Crippen molar-refractivity contribution in [3.8, 4) is 0 Å². The summed E-state index contributed by atoms with van der Waals surface area (Å²) in [6, 6.07) is 8.25. The van der Waals surface area contributed by atoms with E-state index in [0.29, 0.717) is 16.8 Å². The summed E-state index contributed by atoms with van der Waals surface area (Å²) in [5, 5.41) is 0. The van der Waals surface area contributed by atoms with Crippen LogP contribution in [0.25, 0.3) is 0 Å². The molecule has 1 aliphatic rings. The molecule has 2 aromatic rings. The first kappa shape index (κ1) is 20.3. The van der Waals surface area contributed by atoms with Crippen LogP contribution < -0.4 is 9.03 Å². The van der Waals surface area contributed by atoms with Gasteiger partial charge in [0, 0.05) is 12.1 Å². The number of rotatable bonds is 4. The van der Waals surface area contributed by atoms with Gasteiger partial charge in [0.25, 0.3) is 10.0 Å². The topological polar surface area (TPSA) is 101 Å². The average molecular weight is 423 g/mol. The summed E-state index contributed by atoms with van der Waals surface area (Å²) in [5.41, 5.74) is 3.21. The summed E-state index contributed by atoms with van der Waals surface area (Å²) in [6.45, 7) is 6.92. The van der Waals surface area contributed by atoms with E-state index in [4.69, 9.17) is 0 Å². The van der Waals surface area contributed by atoms with Gasteiger partial charge in [0.15, 0.2) is 0 Å². The number of hydrogen-bond acceptors (Lipinski definition) is 5. The number of sulfonamides is 2. The van der Waals surface area contributed by atoms with E-state index in [0.717, 1.165) is 15.4 Å². The Morgan fingerprint density at radius 2 is 1.46 bits per heavy atom. The number of nitrogens with one attached hydrogen (secondary N) is 1. The summed E-state index contributed by atoms with van der Waals surface area (Å²) >= 11 is 0. The Morgan fingerprint density at radius 3 is 1.93 bits per heavy atom. The third-order valence-corrected chi connectivity index (χ3v) is 7.88. The van der Waals surface area contributed by atoms with Gasteiger partial charge in [-0.05, 0) is 74.2 Å². The number of carbonyl (C=O) groups excluding carboxylic acids is 1. The van der Waals surface area contributed by atoms with E-state index < -0.39 is 26.0 Å². The summed E-state index contributed by atoms with van der Waals surface area (Å²) in [5.74, 6) is -0.749.